The Morgan fingerprint density at radius 1 is 1.00 bits per heavy atom. The first-order valence-corrected chi connectivity index (χ1v) is 11.1. The van der Waals surface area contributed by atoms with Gasteiger partial charge in [0.15, 0.2) is 0 Å². The van der Waals surface area contributed by atoms with Crippen LogP contribution in [0.3, 0.4) is 0 Å². The predicted molar refractivity (Wildman–Crippen MR) is 121 cm³/mol. The monoisotopic (exact) mass is 461 g/mol. The van der Waals surface area contributed by atoms with Crippen LogP contribution in [0.25, 0.3) is 0 Å². The van der Waals surface area contributed by atoms with Crippen molar-refractivity contribution in [2.24, 2.45) is 0 Å². The van der Waals surface area contributed by atoms with E-state index < -0.39 is 15.8 Å². The fraction of sp³-hybridized carbons (Fsp3) is 0.136. The fourth-order valence-corrected chi connectivity index (χ4v) is 4.05. The van der Waals surface area contributed by atoms with Crippen LogP contribution in [0.15, 0.2) is 71.6 Å². The zero-order valence-corrected chi connectivity index (χ0v) is 18.5. The van der Waals surface area contributed by atoms with Crippen molar-refractivity contribution < 1.29 is 17.6 Å². The number of sulfonamides is 1. The molecule has 1 amide bonds. The number of nitrogens with zero attached hydrogens (tertiary/aromatic N) is 1. The van der Waals surface area contributed by atoms with E-state index in [0.717, 1.165) is 35.5 Å². The number of benzene rings is 3. The summed E-state index contributed by atoms with van der Waals surface area (Å²) in [5.74, 6) is -0.928. The predicted octanol–water partition coefficient (Wildman–Crippen LogP) is 4.28. The third-order valence-electron chi connectivity index (χ3n) is 4.50. The molecule has 31 heavy (non-hydrogen) atoms. The summed E-state index contributed by atoms with van der Waals surface area (Å²) in [5.41, 5.74) is 2.26. The van der Waals surface area contributed by atoms with Gasteiger partial charge in [-0.2, -0.15) is 0 Å². The van der Waals surface area contributed by atoms with Crippen molar-refractivity contribution in [3.05, 3.63) is 88.7 Å². The largest absolute Gasteiger partial charge is 0.378 e. The minimum absolute atomic E-state index is 0.0500. The Labute approximate surface area is 185 Å². The van der Waals surface area contributed by atoms with E-state index in [2.05, 4.69) is 10.0 Å². The first-order chi connectivity index (χ1) is 14.7. The van der Waals surface area contributed by atoms with E-state index in [0.29, 0.717) is 6.54 Å². The third-order valence-corrected chi connectivity index (χ3v) is 6.21. The van der Waals surface area contributed by atoms with Crippen LogP contribution in [0.1, 0.15) is 15.9 Å². The number of halogens is 2. The van der Waals surface area contributed by atoms with Gasteiger partial charge in [-0.25, -0.2) is 12.8 Å². The quantitative estimate of drug-likeness (QED) is 0.550. The van der Waals surface area contributed by atoms with Crippen molar-refractivity contribution in [3.8, 4) is 0 Å². The minimum atomic E-state index is -4.00. The second-order valence-electron chi connectivity index (χ2n) is 7.00. The molecule has 0 aliphatic carbocycles. The molecule has 0 saturated carbocycles. The minimum Gasteiger partial charge on any atom is -0.378 e. The molecule has 3 aromatic carbocycles. The van der Waals surface area contributed by atoms with E-state index in [1.165, 1.54) is 18.2 Å². The van der Waals surface area contributed by atoms with Crippen LogP contribution < -0.4 is 14.9 Å². The van der Waals surface area contributed by atoms with Gasteiger partial charge in [0.1, 0.15) is 5.82 Å². The van der Waals surface area contributed by atoms with E-state index in [9.17, 15) is 17.6 Å². The Balaban J connectivity index is 1.72. The maximum absolute atomic E-state index is 13.1. The van der Waals surface area contributed by atoms with Crippen molar-refractivity contribution in [2.45, 2.75) is 11.4 Å². The number of carbonyl (C=O) groups is 1. The summed E-state index contributed by atoms with van der Waals surface area (Å²) in [6.45, 7) is 0.311. The standard InChI is InChI=1S/C22H21ClFN3O3S/c1-27(2)18-8-3-15(4-9-18)14-25-22(28)16-5-12-20(23)21(13-16)26-31(29,30)19-10-6-17(24)7-11-19/h3-13,26H,14H2,1-2H3,(H,25,28). The van der Waals surface area contributed by atoms with Crippen LogP contribution in [0.4, 0.5) is 15.8 Å². The topological polar surface area (TPSA) is 78.5 Å². The molecule has 0 aliphatic heterocycles. The van der Waals surface area contributed by atoms with Gasteiger partial charge in [-0.3, -0.25) is 9.52 Å². The van der Waals surface area contributed by atoms with Gasteiger partial charge in [0.25, 0.3) is 15.9 Å². The molecule has 0 saturated heterocycles. The molecule has 0 radical (unpaired) electrons. The molecule has 0 spiro atoms. The number of hydrogen-bond acceptors (Lipinski definition) is 4. The molecule has 6 nitrogen and oxygen atoms in total. The van der Waals surface area contributed by atoms with E-state index in [1.807, 2.05) is 43.3 Å². The van der Waals surface area contributed by atoms with Crippen LogP contribution in [0.2, 0.25) is 5.02 Å². The molecule has 0 heterocycles. The van der Waals surface area contributed by atoms with Crippen molar-refractivity contribution in [1.82, 2.24) is 5.32 Å². The van der Waals surface area contributed by atoms with Gasteiger partial charge in [0.2, 0.25) is 0 Å². The van der Waals surface area contributed by atoms with Gasteiger partial charge in [-0.1, -0.05) is 23.7 Å². The summed E-state index contributed by atoms with van der Waals surface area (Å²) in [4.78, 5) is 14.4. The second-order valence-corrected chi connectivity index (χ2v) is 9.09. The van der Waals surface area contributed by atoms with E-state index in [-0.39, 0.29) is 27.1 Å². The highest BCUT2D eigenvalue weighted by molar-refractivity contribution is 7.92. The molecule has 162 valence electrons. The molecular weight excluding hydrogens is 441 g/mol. The van der Waals surface area contributed by atoms with Crippen LogP contribution in [-0.4, -0.2) is 28.4 Å². The summed E-state index contributed by atoms with van der Waals surface area (Å²) >= 11 is 6.11. The van der Waals surface area contributed by atoms with Crippen LogP contribution in [0.5, 0.6) is 0 Å². The molecule has 3 rings (SSSR count). The summed E-state index contributed by atoms with van der Waals surface area (Å²) < 4.78 is 40.5. The van der Waals surface area contributed by atoms with Gasteiger partial charge in [0, 0.05) is 31.9 Å². The lowest BCUT2D eigenvalue weighted by Crippen LogP contribution is -2.23. The number of carbonyl (C=O) groups excluding carboxylic acids is 1. The molecule has 3 aromatic rings. The summed E-state index contributed by atoms with van der Waals surface area (Å²) in [5, 5.41) is 2.92. The van der Waals surface area contributed by atoms with Gasteiger partial charge in [0.05, 0.1) is 15.6 Å². The first kappa shape index (κ1) is 22.6. The molecule has 0 aromatic heterocycles. The van der Waals surface area contributed by atoms with E-state index in [4.69, 9.17) is 11.6 Å². The molecule has 0 unspecified atom stereocenters. The van der Waals surface area contributed by atoms with Crippen molar-refractivity contribution in [1.29, 1.82) is 0 Å². The highest BCUT2D eigenvalue weighted by Gasteiger charge is 2.17. The molecule has 0 bridgehead atoms. The highest BCUT2D eigenvalue weighted by Crippen LogP contribution is 2.26. The number of nitrogens with one attached hydrogen (secondary N) is 2. The maximum Gasteiger partial charge on any atom is 0.261 e. The Hall–Kier alpha value is -3.10. The lowest BCUT2D eigenvalue weighted by molar-refractivity contribution is 0.0951. The number of hydrogen-bond donors (Lipinski definition) is 2. The molecule has 0 fully saturated rings. The zero-order chi connectivity index (χ0) is 22.6. The average Bonchev–Trinajstić information content (AvgIpc) is 2.74. The van der Waals surface area contributed by atoms with E-state index >= 15 is 0 Å². The molecule has 0 aliphatic rings. The second kappa shape index (κ2) is 9.36. The van der Waals surface area contributed by atoms with Crippen LogP contribution >= 0.6 is 11.6 Å². The third kappa shape index (κ3) is 5.74. The summed E-state index contributed by atoms with van der Waals surface area (Å²) in [6, 6.07) is 16.4. The number of amides is 1. The van der Waals surface area contributed by atoms with Gasteiger partial charge in [-0.05, 0) is 60.2 Å². The Bertz CT molecular complexity index is 1180. The Kier molecular flexibility index (Phi) is 6.82. The fourth-order valence-electron chi connectivity index (χ4n) is 2.76. The SMILES string of the molecule is CN(C)c1ccc(CNC(=O)c2ccc(Cl)c(NS(=O)(=O)c3ccc(F)cc3)c2)cc1. The van der Waals surface area contributed by atoms with Crippen LogP contribution in [0, 0.1) is 5.82 Å². The first-order valence-electron chi connectivity index (χ1n) is 9.28. The van der Waals surface area contributed by atoms with E-state index in [1.54, 1.807) is 0 Å². The van der Waals surface area contributed by atoms with Crippen molar-refractivity contribution in [2.75, 3.05) is 23.7 Å². The summed E-state index contributed by atoms with van der Waals surface area (Å²) in [7, 11) is -0.111. The average molecular weight is 462 g/mol. The van der Waals surface area contributed by atoms with Crippen molar-refractivity contribution >= 4 is 38.9 Å². The van der Waals surface area contributed by atoms with Gasteiger partial charge in [-0.15, -0.1) is 0 Å². The Morgan fingerprint density at radius 2 is 1.65 bits per heavy atom. The molecule has 9 heteroatoms. The smallest absolute Gasteiger partial charge is 0.261 e. The number of anilines is 2. The van der Waals surface area contributed by atoms with Gasteiger partial charge < -0.3 is 10.2 Å². The maximum atomic E-state index is 13.1. The lowest BCUT2D eigenvalue weighted by atomic mass is 10.1. The Morgan fingerprint density at radius 3 is 2.26 bits per heavy atom. The zero-order valence-electron chi connectivity index (χ0n) is 16.9. The molecule has 2 N–H and O–H groups in total. The van der Waals surface area contributed by atoms with Gasteiger partial charge >= 0.3 is 0 Å². The lowest BCUT2D eigenvalue weighted by Gasteiger charge is -2.13. The normalized spacial score (nSPS) is 11.1. The molecular formula is C22H21ClFN3O3S. The molecule has 0 atom stereocenters. The highest BCUT2D eigenvalue weighted by atomic mass is 35.5. The van der Waals surface area contributed by atoms with Crippen molar-refractivity contribution in [3.63, 3.8) is 0 Å². The summed E-state index contributed by atoms with van der Waals surface area (Å²) in [6.07, 6.45) is 0. The van der Waals surface area contributed by atoms with Crippen LogP contribution in [-0.2, 0) is 16.6 Å². The number of rotatable bonds is 7.